The van der Waals surface area contributed by atoms with Crippen LogP contribution in [0.3, 0.4) is 0 Å². The van der Waals surface area contributed by atoms with Crippen LogP contribution in [0.1, 0.15) is 11.1 Å². The normalized spacial score (nSPS) is 12.2. The number of benzene rings is 2. The Hall–Kier alpha value is -2.23. The number of rotatable bonds is 8. The molecule has 2 aromatic carbocycles. The summed E-state index contributed by atoms with van der Waals surface area (Å²) in [5, 5.41) is 8.97. The standard InChI is InChI=1S/C16H17NO6S2/c18-16(19)11-17(24(20,21)12-14-7-3-1-4-8-14)25(22,23)13-15-9-5-2-6-10-15/h1-10H,11-13H2,(H,18,19). The fraction of sp³-hybridized carbons (Fsp3) is 0.188. The van der Waals surface area contributed by atoms with Gasteiger partial charge in [0.05, 0.1) is 11.5 Å². The predicted octanol–water partition coefficient (Wildman–Crippen LogP) is 1.43. The van der Waals surface area contributed by atoms with Gasteiger partial charge in [-0.15, -0.1) is 0 Å². The molecule has 2 aromatic rings. The predicted molar refractivity (Wildman–Crippen MR) is 92.5 cm³/mol. The van der Waals surface area contributed by atoms with Crippen molar-refractivity contribution in [3.8, 4) is 0 Å². The molecule has 7 nitrogen and oxygen atoms in total. The number of sulfonamides is 2. The van der Waals surface area contributed by atoms with E-state index in [0.29, 0.717) is 11.1 Å². The van der Waals surface area contributed by atoms with Crippen molar-refractivity contribution in [1.82, 2.24) is 3.71 Å². The molecule has 25 heavy (non-hydrogen) atoms. The first-order valence-corrected chi connectivity index (χ1v) is 10.5. The quantitative estimate of drug-likeness (QED) is 0.739. The van der Waals surface area contributed by atoms with E-state index in [4.69, 9.17) is 5.11 Å². The van der Waals surface area contributed by atoms with Crippen molar-refractivity contribution in [2.45, 2.75) is 11.5 Å². The number of nitrogens with zero attached hydrogens (tertiary/aromatic N) is 1. The Bertz CT molecular complexity index is 854. The van der Waals surface area contributed by atoms with E-state index in [2.05, 4.69) is 0 Å². The highest BCUT2D eigenvalue weighted by molar-refractivity contribution is 8.03. The third-order valence-corrected chi connectivity index (χ3v) is 7.53. The van der Waals surface area contributed by atoms with Crippen molar-refractivity contribution in [3.63, 3.8) is 0 Å². The highest BCUT2D eigenvalue weighted by Crippen LogP contribution is 2.18. The van der Waals surface area contributed by atoms with Crippen LogP contribution in [0.2, 0.25) is 0 Å². The summed E-state index contributed by atoms with van der Waals surface area (Å²) in [4.78, 5) is 11.0. The van der Waals surface area contributed by atoms with Gasteiger partial charge in [0, 0.05) is 0 Å². The van der Waals surface area contributed by atoms with E-state index in [1.54, 1.807) is 36.4 Å². The number of aliphatic carboxylic acids is 1. The van der Waals surface area contributed by atoms with Gasteiger partial charge in [0.15, 0.2) is 0 Å². The van der Waals surface area contributed by atoms with Crippen molar-refractivity contribution < 1.29 is 26.7 Å². The molecule has 0 atom stereocenters. The molecule has 0 aromatic heterocycles. The second-order valence-corrected chi connectivity index (χ2v) is 9.33. The third kappa shape index (κ3) is 5.38. The Morgan fingerprint density at radius 3 is 1.44 bits per heavy atom. The highest BCUT2D eigenvalue weighted by Gasteiger charge is 2.35. The summed E-state index contributed by atoms with van der Waals surface area (Å²) in [6.45, 7) is -1.15. The Morgan fingerprint density at radius 1 is 0.760 bits per heavy atom. The zero-order valence-electron chi connectivity index (χ0n) is 13.1. The number of carbonyl (C=O) groups is 1. The number of carboxylic acid groups (broad SMARTS) is 1. The van der Waals surface area contributed by atoms with Crippen molar-refractivity contribution in [2.24, 2.45) is 0 Å². The maximum absolute atomic E-state index is 12.6. The summed E-state index contributed by atoms with van der Waals surface area (Å²) in [5.41, 5.74) is 0.737. The molecular weight excluding hydrogens is 366 g/mol. The molecule has 0 heterocycles. The maximum Gasteiger partial charge on any atom is 0.320 e. The van der Waals surface area contributed by atoms with Gasteiger partial charge in [-0.3, -0.25) is 4.79 Å². The molecule has 0 saturated heterocycles. The van der Waals surface area contributed by atoms with Crippen LogP contribution >= 0.6 is 0 Å². The van der Waals surface area contributed by atoms with Gasteiger partial charge in [-0.25, -0.2) is 16.8 Å². The van der Waals surface area contributed by atoms with Crippen LogP contribution < -0.4 is 0 Å². The average Bonchev–Trinajstić information content (AvgIpc) is 2.53. The molecule has 0 aliphatic rings. The first kappa shape index (κ1) is 19.1. The second kappa shape index (κ2) is 7.77. The SMILES string of the molecule is O=C(O)CN(S(=O)(=O)Cc1ccccc1)S(=O)(=O)Cc1ccccc1. The lowest BCUT2D eigenvalue weighted by Crippen LogP contribution is -2.41. The number of hydrogen-bond acceptors (Lipinski definition) is 5. The van der Waals surface area contributed by atoms with E-state index >= 15 is 0 Å². The molecule has 0 bridgehead atoms. The van der Waals surface area contributed by atoms with Crippen LogP contribution in [-0.4, -0.2) is 38.2 Å². The first-order chi connectivity index (χ1) is 11.7. The Kier molecular flexibility index (Phi) is 5.93. The van der Waals surface area contributed by atoms with Gasteiger partial charge in [-0.05, 0) is 11.1 Å². The summed E-state index contributed by atoms with van der Waals surface area (Å²) in [7, 11) is -8.77. The minimum atomic E-state index is -4.38. The lowest BCUT2D eigenvalue weighted by atomic mass is 10.2. The minimum absolute atomic E-state index is 0.0718. The van der Waals surface area contributed by atoms with E-state index in [-0.39, 0.29) is 3.71 Å². The summed E-state index contributed by atoms with van der Waals surface area (Å²) in [6.07, 6.45) is 0. The van der Waals surface area contributed by atoms with Gasteiger partial charge in [-0.2, -0.15) is 0 Å². The van der Waals surface area contributed by atoms with Crippen molar-refractivity contribution in [1.29, 1.82) is 0 Å². The van der Waals surface area contributed by atoms with E-state index in [9.17, 15) is 21.6 Å². The van der Waals surface area contributed by atoms with Crippen LogP contribution in [0.15, 0.2) is 60.7 Å². The topological polar surface area (TPSA) is 109 Å². The highest BCUT2D eigenvalue weighted by atomic mass is 32.3. The van der Waals surface area contributed by atoms with E-state index < -0.39 is 44.1 Å². The second-order valence-electron chi connectivity index (χ2n) is 5.31. The minimum Gasteiger partial charge on any atom is -0.480 e. The molecule has 0 unspecified atom stereocenters. The Balaban J connectivity index is 2.35. The van der Waals surface area contributed by atoms with Crippen LogP contribution in [0, 0.1) is 0 Å². The molecule has 0 amide bonds. The number of carboxylic acids is 1. The smallest absolute Gasteiger partial charge is 0.320 e. The fourth-order valence-corrected chi connectivity index (χ4v) is 6.02. The molecular formula is C16H17NO6S2. The molecule has 2 rings (SSSR count). The van der Waals surface area contributed by atoms with Gasteiger partial charge in [0.25, 0.3) is 0 Å². The van der Waals surface area contributed by atoms with Gasteiger partial charge in [0.2, 0.25) is 20.0 Å². The van der Waals surface area contributed by atoms with Gasteiger partial charge < -0.3 is 5.11 Å². The van der Waals surface area contributed by atoms with Crippen LogP contribution in [0.4, 0.5) is 0 Å². The van der Waals surface area contributed by atoms with Crippen molar-refractivity contribution >= 4 is 26.0 Å². The van der Waals surface area contributed by atoms with Gasteiger partial charge in [-0.1, -0.05) is 64.4 Å². The molecule has 0 saturated carbocycles. The molecule has 0 fully saturated rings. The van der Waals surface area contributed by atoms with Crippen LogP contribution in [0.5, 0.6) is 0 Å². The molecule has 1 N–H and O–H groups in total. The molecule has 0 aliphatic heterocycles. The lowest BCUT2D eigenvalue weighted by Gasteiger charge is -2.20. The summed E-state index contributed by atoms with van der Waals surface area (Å²) >= 11 is 0. The fourth-order valence-electron chi connectivity index (χ4n) is 2.19. The molecule has 0 radical (unpaired) electrons. The van der Waals surface area contributed by atoms with Gasteiger partial charge in [0.1, 0.15) is 6.54 Å². The Labute approximate surface area is 146 Å². The molecule has 134 valence electrons. The number of hydrogen-bond donors (Lipinski definition) is 1. The first-order valence-electron chi connectivity index (χ1n) is 7.24. The average molecular weight is 383 g/mol. The zero-order valence-corrected chi connectivity index (χ0v) is 14.8. The summed E-state index contributed by atoms with van der Waals surface area (Å²) in [6, 6.07) is 16.0. The largest absolute Gasteiger partial charge is 0.480 e. The van der Waals surface area contributed by atoms with Crippen LogP contribution in [-0.2, 0) is 36.3 Å². The van der Waals surface area contributed by atoms with Crippen LogP contribution in [0.25, 0.3) is 0 Å². The lowest BCUT2D eigenvalue weighted by molar-refractivity contribution is -0.136. The summed E-state index contributed by atoms with van der Waals surface area (Å²) < 4.78 is 50.3. The molecule has 9 heteroatoms. The van der Waals surface area contributed by atoms with Crippen molar-refractivity contribution in [2.75, 3.05) is 6.54 Å². The Morgan fingerprint density at radius 2 is 1.12 bits per heavy atom. The third-order valence-electron chi connectivity index (χ3n) is 3.27. The monoisotopic (exact) mass is 383 g/mol. The van der Waals surface area contributed by atoms with Crippen molar-refractivity contribution in [3.05, 3.63) is 71.8 Å². The van der Waals surface area contributed by atoms with E-state index in [0.717, 1.165) is 0 Å². The van der Waals surface area contributed by atoms with Gasteiger partial charge >= 0.3 is 5.97 Å². The maximum atomic E-state index is 12.6. The zero-order chi connectivity index (χ0) is 18.5. The van der Waals surface area contributed by atoms with E-state index in [1.807, 2.05) is 0 Å². The van der Waals surface area contributed by atoms with E-state index in [1.165, 1.54) is 24.3 Å². The summed E-state index contributed by atoms with van der Waals surface area (Å²) in [5.74, 6) is -2.75. The molecule has 0 aliphatic carbocycles. The molecule has 0 spiro atoms.